The molecule has 0 aliphatic rings. The van der Waals surface area contributed by atoms with Crippen molar-refractivity contribution in [3.8, 4) is 5.75 Å². The van der Waals surface area contributed by atoms with Gasteiger partial charge in [0.05, 0.1) is 7.11 Å². The van der Waals surface area contributed by atoms with Crippen LogP contribution in [-0.2, 0) is 26.6 Å². The summed E-state index contributed by atoms with van der Waals surface area (Å²) in [6.07, 6.45) is 2.53. The van der Waals surface area contributed by atoms with Gasteiger partial charge in [-0.25, -0.2) is 17.9 Å². The largest absolute Gasteiger partial charge is 0.495 e. The van der Waals surface area contributed by atoms with Crippen LogP contribution >= 0.6 is 0 Å². The molecule has 0 spiro atoms. The molecule has 29 heavy (non-hydrogen) atoms. The molecule has 0 aliphatic heterocycles. The van der Waals surface area contributed by atoms with Crippen molar-refractivity contribution in [1.29, 1.82) is 0 Å². The van der Waals surface area contributed by atoms with Crippen molar-refractivity contribution in [3.63, 3.8) is 0 Å². The molecule has 0 saturated carbocycles. The smallest absolute Gasteiger partial charge is 0.331 e. The van der Waals surface area contributed by atoms with Crippen molar-refractivity contribution in [2.45, 2.75) is 18.7 Å². The first-order valence-corrected chi connectivity index (χ1v) is 10.2. The summed E-state index contributed by atoms with van der Waals surface area (Å²) in [5.74, 6) is -0.824. The minimum Gasteiger partial charge on any atom is -0.495 e. The van der Waals surface area contributed by atoms with Crippen LogP contribution in [0.3, 0.4) is 0 Å². The molecular weight excluding hydrogens is 396 g/mol. The van der Waals surface area contributed by atoms with Gasteiger partial charge in [0.25, 0.3) is 0 Å². The number of aryl methyl sites for hydroxylation is 1. The van der Waals surface area contributed by atoms with E-state index < -0.39 is 16.0 Å². The third kappa shape index (κ3) is 5.12. The average Bonchev–Trinajstić information content (AvgIpc) is 2.97. The fourth-order valence-electron chi connectivity index (χ4n) is 2.68. The Balaban J connectivity index is 2.08. The normalized spacial score (nSPS) is 11.6. The number of ether oxygens (including phenoxy) is 2. The number of hydrogen-bond acceptors (Lipinski definition) is 6. The van der Waals surface area contributed by atoms with Crippen molar-refractivity contribution in [3.05, 3.63) is 52.9 Å². The van der Waals surface area contributed by atoms with E-state index in [-0.39, 0.29) is 23.0 Å². The summed E-state index contributed by atoms with van der Waals surface area (Å²) in [4.78, 5) is 24.2. The number of rotatable bonds is 8. The van der Waals surface area contributed by atoms with Gasteiger partial charge in [0.2, 0.25) is 15.8 Å². The number of ketones is 1. The van der Waals surface area contributed by atoms with E-state index >= 15 is 0 Å². The van der Waals surface area contributed by atoms with Gasteiger partial charge < -0.3 is 14.0 Å². The van der Waals surface area contributed by atoms with E-state index in [0.717, 1.165) is 17.5 Å². The number of hydrogen-bond donors (Lipinski definition) is 1. The Hall–Kier alpha value is -2.91. The molecule has 156 valence electrons. The zero-order valence-electron chi connectivity index (χ0n) is 17.0. The Morgan fingerprint density at radius 2 is 1.90 bits per heavy atom. The standard InChI is InChI=1S/C20H24N2O6S/c1-13-10-16(14(2)22(13)4)17(23)12-28-20(24)9-7-15-6-8-18(27-5)19(11-15)29(25,26)21-3/h6-11,21H,12H2,1-5H3/b9-7+. The minimum atomic E-state index is -3.73. The molecule has 1 N–H and O–H groups in total. The van der Waals surface area contributed by atoms with Crippen LogP contribution in [0.5, 0.6) is 5.75 Å². The summed E-state index contributed by atoms with van der Waals surface area (Å²) in [5, 5.41) is 0. The van der Waals surface area contributed by atoms with Crippen molar-refractivity contribution < 1.29 is 27.5 Å². The number of nitrogens with one attached hydrogen (secondary N) is 1. The topological polar surface area (TPSA) is 104 Å². The fraction of sp³-hybridized carbons (Fsp3) is 0.300. The monoisotopic (exact) mass is 420 g/mol. The molecule has 0 amide bonds. The third-order valence-electron chi connectivity index (χ3n) is 4.58. The molecule has 2 rings (SSSR count). The van der Waals surface area contributed by atoms with Crippen LogP contribution in [0.15, 0.2) is 35.2 Å². The number of aromatic nitrogens is 1. The fourth-order valence-corrected chi connectivity index (χ4v) is 3.61. The number of esters is 1. The molecule has 0 atom stereocenters. The molecule has 0 fully saturated rings. The summed E-state index contributed by atoms with van der Waals surface area (Å²) in [7, 11) is 0.781. The van der Waals surface area contributed by atoms with E-state index in [9.17, 15) is 18.0 Å². The predicted octanol–water partition coefficient (Wildman–Crippen LogP) is 2.00. The molecule has 1 heterocycles. The van der Waals surface area contributed by atoms with Gasteiger partial charge in [0.15, 0.2) is 6.61 Å². The number of benzene rings is 1. The van der Waals surface area contributed by atoms with E-state index in [1.54, 1.807) is 12.1 Å². The maximum absolute atomic E-state index is 12.3. The van der Waals surface area contributed by atoms with Crippen molar-refractivity contribution in [2.75, 3.05) is 20.8 Å². The number of carbonyl (C=O) groups is 2. The van der Waals surface area contributed by atoms with Crippen LogP contribution in [0.25, 0.3) is 6.08 Å². The van der Waals surface area contributed by atoms with Crippen LogP contribution in [0, 0.1) is 13.8 Å². The summed E-state index contributed by atoms with van der Waals surface area (Å²) in [5.41, 5.74) is 2.70. The molecule has 0 saturated heterocycles. The first-order valence-electron chi connectivity index (χ1n) is 8.73. The van der Waals surface area contributed by atoms with E-state index in [2.05, 4.69) is 4.72 Å². The van der Waals surface area contributed by atoms with Gasteiger partial charge in [0, 0.05) is 30.1 Å². The summed E-state index contributed by atoms with van der Waals surface area (Å²) >= 11 is 0. The maximum atomic E-state index is 12.3. The molecule has 0 unspecified atom stereocenters. The highest BCUT2D eigenvalue weighted by molar-refractivity contribution is 7.89. The van der Waals surface area contributed by atoms with Gasteiger partial charge in [0.1, 0.15) is 10.6 Å². The van der Waals surface area contributed by atoms with E-state index in [4.69, 9.17) is 9.47 Å². The second-order valence-corrected chi connectivity index (χ2v) is 8.18. The molecule has 2 aromatic rings. The lowest BCUT2D eigenvalue weighted by molar-refractivity contribution is -0.136. The Kier molecular flexibility index (Phi) is 6.99. The Morgan fingerprint density at radius 1 is 1.21 bits per heavy atom. The predicted molar refractivity (Wildman–Crippen MR) is 108 cm³/mol. The summed E-state index contributed by atoms with van der Waals surface area (Å²) < 4.78 is 38.4. The second-order valence-electron chi connectivity index (χ2n) is 6.33. The number of carbonyl (C=O) groups excluding carboxylic acids is 2. The van der Waals surface area contributed by atoms with E-state index in [1.165, 1.54) is 32.4 Å². The van der Waals surface area contributed by atoms with Crippen LogP contribution < -0.4 is 9.46 Å². The van der Waals surface area contributed by atoms with Crippen molar-refractivity contribution in [1.82, 2.24) is 9.29 Å². The lowest BCUT2D eigenvalue weighted by Gasteiger charge is -2.09. The zero-order valence-corrected chi connectivity index (χ0v) is 17.8. The first-order chi connectivity index (χ1) is 13.6. The minimum absolute atomic E-state index is 0.0527. The average molecular weight is 420 g/mol. The van der Waals surface area contributed by atoms with Crippen LogP contribution in [0.2, 0.25) is 0 Å². The molecule has 9 heteroatoms. The first kappa shape index (κ1) is 22.4. The lowest BCUT2D eigenvalue weighted by Crippen LogP contribution is -2.19. The van der Waals surface area contributed by atoms with Crippen LogP contribution in [-0.4, -0.2) is 45.5 Å². The summed E-state index contributed by atoms with van der Waals surface area (Å²) in [6, 6.07) is 6.20. The number of methoxy groups -OCH3 is 1. The summed E-state index contributed by atoms with van der Waals surface area (Å²) in [6.45, 7) is 3.33. The molecular formula is C20H24N2O6S. The van der Waals surface area contributed by atoms with Crippen molar-refractivity contribution in [2.24, 2.45) is 7.05 Å². The molecule has 1 aromatic heterocycles. The van der Waals surface area contributed by atoms with Crippen LogP contribution in [0.1, 0.15) is 27.3 Å². The van der Waals surface area contributed by atoms with Gasteiger partial charge in [-0.15, -0.1) is 0 Å². The molecule has 1 aromatic carbocycles. The number of nitrogens with zero attached hydrogens (tertiary/aromatic N) is 1. The Morgan fingerprint density at radius 3 is 2.45 bits per heavy atom. The Labute approximate surface area is 170 Å². The molecule has 8 nitrogen and oxygen atoms in total. The molecule has 0 aliphatic carbocycles. The number of sulfonamides is 1. The maximum Gasteiger partial charge on any atom is 0.331 e. The lowest BCUT2D eigenvalue weighted by atomic mass is 10.1. The third-order valence-corrected chi connectivity index (χ3v) is 6.01. The molecule has 0 radical (unpaired) electrons. The van der Waals surface area contributed by atoms with E-state index in [1.807, 2.05) is 25.5 Å². The number of Topliss-reactive ketones (excluding diaryl/α,β-unsaturated/α-hetero) is 1. The van der Waals surface area contributed by atoms with Gasteiger partial charge >= 0.3 is 5.97 Å². The highest BCUT2D eigenvalue weighted by Gasteiger charge is 2.18. The highest BCUT2D eigenvalue weighted by Crippen LogP contribution is 2.25. The highest BCUT2D eigenvalue weighted by atomic mass is 32.2. The quantitative estimate of drug-likeness (QED) is 0.398. The van der Waals surface area contributed by atoms with Crippen molar-refractivity contribution >= 4 is 27.9 Å². The van der Waals surface area contributed by atoms with Gasteiger partial charge in [-0.3, -0.25) is 4.79 Å². The Bertz CT molecular complexity index is 1070. The zero-order chi connectivity index (χ0) is 21.8. The van der Waals surface area contributed by atoms with Crippen LogP contribution in [0.4, 0.5) is 0 Å². The van der Waals surface area contributed by atoms with E-state index in [0.29, 0.717) is 11.1 Å². The second kappa shape index (κ2) is 9.06. The molecule has 0 bridgehead atoms. The SMILES string of the molecule is CNS(=O)(=O)c1cc(/C=C/C(=O)OCC(=O)c2cc(C)n(C)c2C)ccc1OC. The van der Waals surface area contributed by atoms with Gasteiger partial charge in [-0.05, 0) is 50.7 Å². The van der Waals surface area contributed by atoms with Gasteiger partial charge in [-0.1, -0.05) is 6.07 Å². The van der Waals surface area contributed by atoms with Gasteiger partial charge in [-0.2, -0.15) is 0 Å².